The number of carboxylic acid groups (broad SMARTS) is 1. The molecule has 0 aromatic carbocycles. The molecule has 25 heavy (non-hydrogen) atoms. The molecule has 1 fully saturated rings. The normalized spacial score (nSPS) is 17.4. The molecule has 1 saturated heterocycles. The largest absolute Gasteiger partial charge is 0.477 e. The first-order chi connectivity index (χ1) is 11.9. The molecule has 0 bridgehead atoms. The van der Waals surface area contributed by atoms with Crippen LogP contribution in [0.15, 0.2) is 11.0 Å². The van der Waals surface area contributed by atoms with Crippen LogP contribution in [0.3, 0.4) is 0 Å². The molecule has 9 heteroatoms. The third-order valence-corrected chi connectivity index (χ3v) is 4.56. The fourth-order valence-electron chi connectivity index (χ4n) is 3.15. The number of nitrogens with two attached hydrogens (primary N) is 1. The number of hydrogen-bond acceptors (Lipinski definition) is 5. The predicted molar refractivity (Wildman–Crippen MR) is 87.9 cm³/mol. The van der Waals surface area contributed by atoms with Gasteiger partial charge in [-0.25, -0.2) is 14.2 Å². The van der Waals surface area contributed by atoms with Crippen molar-refractivity contribution in [3.8, 4) is 0 Å². The fraction of sp³-hybridized carbons (Fsp3) is 0.438. The average molecular weight is 352 g/mol. The van der Waals surface area contributed by atoms with Crippen molar-refractivity contribution in [3.63, 3.8) is 0 Å². The van der Waals surface area contributed by atoms with Crippen molar-refractivity contribution in [2.45, 2.75) is 19.9 Å². The van der Waals surface area contributed by atoms with E-state index in [4.69, 9.17) is 10.8 Å². The lowest BCUT2D eigenvalue weighted by Crippen LogP contribution is -2.27. The van der Waals surface area contributed by atoms with E-state index in [9.17, 15) is 18.4 Å². The van der Waals surface area contributed by atoms with Gasteiger partial charge in [0.1, 0.15) is 16.6 Å². The van der Waals surface area contributed by atoms with Gasteiger partial charge in [0.15, 0.2) is 11.6 Å². The van der Waals surface area contributed by atoms with Gasteiger partial charge in [-0.3, -0.25) is 4.79 Å². The van der Waals surface area contributed by atoms with Gasteiger partial charge in [0.2, 0.25) is 11.2 Å². The Bertz CT molecular complexity index is 913. The summed E-state index contributed by atoms with van der Waals surface area (Å²) in [6.45, 7) is 3.32. The quantitative estimate of drug-likeness (QED) is 0.857. The van der Waals surface area contributed by atoms with E-state index >= 15 is 0 Å². The molecule has 0 aliphatic carbocycles. The molecule has 2 aromatic heterocycles. The zero-order chi connectivity index (χ0) is 18.3. The first-order valence-corrected chi connectivity index (χ1v) is 7.99. The van der Waals surface area contributed by atoms with E-state index in [1.165, 1.54) is 4.57 Å². The third-order valence-electron chi connectivity index (χ3n) is 4.56. The summed E-state index contributed by atoms with van der Waals surface area (Å²) in [4.78, 5) is 29.2. The van der Waals surface area contributed by atoms with Crippen molar-refractivity contribution in [2.75, 3.05) is 24.5 Å². The number of anilines is 1. The first kappa shape index (κ1) is 17.3. The molecule has 0 saturated carbocycles. The number of hydrogen-bond donors (Lipinski definition) is 2. The Kier molecular flexibility index (Phi) is 4.42. The number of nitrogens with zero attached hydrogens (tertiary/aromatic N) is 3. The van der Waals surface area contributed by atoms with E-state index in [1.54, 1.807) is 11.8 Å². The topological polar surface area (TPSA) is 101 Å². The molecule has 1 aliphatic rings. The minimum atomic E-state index is -1.50. The number of carbonyl (C=O) groups is 1. The van der Waals surface area contributed by atoms with E-state index in [2.05, 4.69) is 4.98 Å². The van der Waals surface area contributed by atoms with Crippen LogP contribution >= 0.6 is 0 Å². The summed E-state index contributed by atoms with van der Waals surface area (Å²) in [5, 5.41) is 8.48. The van der Waals surface area contributed by atoms with Gasteiger partial charge in [-0.15, -0.1) is 0 Å². The maximum Gasteiger partial charge on any atom is 0.341 e. The molecule has 7 nitrogen and oxygen atoms in total. The SMILES string of the molecule is CCn1cc(C(=O)O)c(=O)c2c(F)c(F)c(N3CCC(CN)C3)nc21. The second kappa shape index (κ2) is 6.40. The van der Waals surface area contributed by atoms with Gasteiger partial charge in [-0.05, 0) is 25.8 Å². The number of pyridine rings is 2. The number of fused-ring (bicyclic) bond motifs is 1. The average Bonchev–Trinajstić information content (AvgIpc) is 3.06. The van der Waals surface area contributed by atoms with Crippen molar-refractivity contribution < 1.29 is 18.7 Å². The lowest BCUT2D eigenvalue weighted by molar-refractivity contribution is 0.0695. The van der Waals surface area contributed by atoms with Crippen LogP contribution in [-0.4, -0.2) is 40.3 Å². The van der Waals surface area contributed by atoms with E-state index in [0.29, 0.717) is 19.6 Å². The van der Waals surface area contributed by atoms with E-state index in [0.717, 1.165) is 12.6 Å². The molecular weight excluding hydrogens is 334 g/mol. The van der Waals surface area contributed by atoms with Gasteiger partial charge in [-0.2, -0.15) is 4.39 Å². The zero-order valence-corrected chi connectivity index (χ0v) is 13.6. The highest BCUT2D eigenvalue weighted by molar-refractivity contribution is 5.92. The van der Waals surface area contributed by atoms with Gasteiger partial charge >= 0.3 is 5.97 Å². The summed E-state index contributed by atoms with van der Waals surface area (Å²) in [5.74, 6) is -4.12. The number of aromatic carboxylic acids is 1. The Morgan fingerprint density at radius 2 is 2.16 bits per heavy atom. The molecule has 1 aliphatic heterocycles. The van der Waals surface area contributed by atoms with E-state index in [1.807, 2.05) is 0 Å². The third kappa shape index (κ3) is 2.74. The highest BCUT2D eigenvalue weighted by atomic mass is 19.2. The smallest absolute Gasteiger partial charge is 0.341 e. The first-order valence-electron chi connectivity index (χ1n) is 7.99. The van der Waals surface area contributed by atoms with Crippen LogP contribution in [0, 0.1) is 17.6 Å². The summed E-state index contributed by atoms with van der Waals surface area (Å²) in [5.41, 5.74) is 3.86. The molecule has 1 unspecified atom stereocenters. The van der Waals surface area contributed by atoms with Gasteiger partial charge in [0.05, 0.1) is 0 Å². The van der Waals surface area contributed by atoms with Crippen LogP contribution in [0.1, 0.15) is 23.7 Å². The molecule has 3 N–H and O–H groups in total. The molecule has 2 aromatic rings. The number of halogens is 2. The van der Waals surface area contributed by atoms with Crippen LogP contribution in [0.4, 0.5) is 14.6 Å². The molecule has 3 rings (SSSR count). The fourth-order valence-corrected chi connectivity index (χ4v) is 3.15. The summed E-state index contributed by atoms with van der Waals surface area (Å²) >= 11 is 0. The van der Waals surface area contributed by atoms with Gasteiger partial charge in [0, 0.05) is 25.8 Å². The molecule has 0 radical (unpaired) electrons. The van der Waals surface area contributed by atoms with Crippen molar-refractivity contribution in [3.05, 3.63) is 33.6 Å². The molecule has 0 spiro atoms. The predicted octanol–water partition coefficient (Wildman–Crippen LogP) is 1.18. The summed E-state index contributed by atoms with van der Waals surface area (Å²) in [6.07, 6.45) is 1.85. The van der Waals surface area contributed by atoms with Crippen LogP contribution in [0.2, 0.25) is 0 Å². The number of aryl methyl sites for hydroxylation is 1. The minimum absolute atomic E-state index is 0.0670. The molecule has 0 amide bonds. The summed E-state index contributed by atoms with van der Waals surface area (Å²) < 4.78 is 30.5. The van der Waals surface area contributed by atoms with E-state index in [-0.39, 0.29) is 23.9 Å². The standard InChI is InChI=1S/C16H18F2N4O3/c1-2-21-7-9(16(24)25)13(23)10-11(17)12(18)15(20-14(10)21)22-4-3-8(5-19)6-22/h7-8H,2-6,19H2,1H3,(H,24,25). The number of aromatic nitrogens is 2. The lowest BCUT2D eigenvalue weighted by Gasteiger charge is -2.20. The van der Waals surface area contributed by atoms with Crippen LogP contribution in [0.25, 0.3) is 11.0 Å². The van der Waals surface area contributed by atoms with Crippen LogP contribution in [-0.2, 0) is 6.54 Å². The highest BCUT2D eigenvalue weighted by Crippen LogP contribution is 2.29. The van der Waals surface area contributed by atoms with Crippen LogP contribution < -0.4 is 16.1 Å². The molecule has 134 valence electrons. The number of carboxylic acids is 1. The molecular formula is C16H18F2N4O3. The van der Waals surface area contributed by atoms with E-state index < -0.39 is 34.0 Å². The van der Waals surface area contributed by atoms with Gasteiger partial charge in [-0.1, -0.05) is 0 Å². The lowest BCUT2D eigenvalue weighted by atomic mass is 10.1. The maximum atomic E-state index is 14.6. The van der Waals surface area contributed by atoms with Crippen LogP contribution in [0.5, 0.6) is 0 Å². The Balaban J connectivity index is 2.27. The second-order valence-electron chi connectivity index (χ2n) is 6.06. The van der Waals surface area contributed by atoms with Crippen molar-refractivity contribution in [2.24, 2.45) is 11.7 Å². The number of rotatable bonds is 4. The Morgan fingerprint density at radius 3 is 2.72 bits per heavy atom. The van der Waals surface area contributed by atoms with Gasteiger partial charge in [0.25, 0.3) is 0 Å². The second-order valence-corrected chi connectivity index (χ2v) is 6.06. The Morgan fingerprint density at radius 1 is 1.44 bits per heavy atom. The van der Waals surface area contributed by atoms with Crippen molar-refractivity contribution in [1.82, 2.24) is 9.55 Å². The Hall–Kier alpha value is -2.55. The zero-order valence-electron chi connectivity index (χ0n) is 13.6. The Labute approximate surface area is 141 Å². The molecule has 1 atom stereocenters. The van der Waals surface area contributed by atoms with Crippen molar-refractivity contribution >= 4 is 22.8 Å². The van der Waals surface area contributed by atoms with Gasteiger partial charge < -0.3 is 20.3 Å². The van der Waals surface area contributed by atoms with Crippen molar-refractivity contribution in [1.29, 1.82) is 0 Å². The monoisotopic (exact) mass is 352 g/mol. The summed E-state index contributed by atoms with van der Waals surface area (Å²) in [6, 6.07) is 0. The maximum absolute atomic E-state index is 14.6. The highest BCUT2D eigenvalue weighted by Gasteiger charge is 2.29. The minimum Gasteiger partial charge on any atom is -0.477 e. The summed E-state index contributed by atoms with van der Waals surface area (Å²) in [7, 11) is 0. The molecule has 3 heterocycles.